The molecule has 2 fully saturated rings. The molecule has 0 aromatic heterocycles. The monoisotopic (exact) mass is 568 g/mol. The van der Waals surface area contributed by atoms with Crippen LogP contribution >= 0.6 is 22.0 Å². The summed E-state index contributed by atoms with van der Waals surface area (Å²) in [5.74, 6) is -0.604. The summed E-state index contributed by atoms with van der Waals surface area (Å²) in [5.41, 5.74) is 0.216. The van der Waals surface area contributed by atoms with Crippen LogP contribution in [0.1, 0.15) is 121 Å². The quantitative estimate of drug-likeness (QED) is 0.0816. The van der Waals surface area contributed by atoms with Crippen molar-refractivity contribution in [3.05, 3.63) is 24.3 Å². The predicted molar refractivity (Wildman–Crippen MR) is 161 cm³/mol. The molecule has 6 nitrogen and oxygen atoms in total. The van der Waals surface area contributed by atoms with Crippen LogP contribution in [0.25, 0.3) is 0 Å². The largest absolute Gasteiger partial charge is 0.459 e. The van der Waals surface area contributed by atoms with Gasteiger partial charge in [-0.3, -0.25) is 0 Å². The molecule has 2 rings (SSSR count). The SMILES string of the molecule is C=C(C)C(=O)OC1CC(C)(C)N(SSN2C(C)(C)CC(OC(=O)C(=C)C)CC2(C)CCCCC)C(C)(C)C1. The second-order valence-electron chi connectivity index (χ2n) is 13.6. The van der Waals surface area contributed by atoms with E-state index in [1.54, 1.807) is 24.8 Å². The Labute approximate surface area is 240 Å². The van der Waals surface area contributed by atoms with Crippen molar-refractivity contribution < 1.29 is 19.1 Å². The van der Waals surface area contributed by atoms with Gasteiger partial charge in [-0.25, -0.2) is 18.2 Å². The van der Waals surface area contributed by atoms with Crippen molar-refractivity contribution in [2.24, 2.45) is 0 Å². The lowest BCUT2D eigenvalue weighted by molar-refractivity contribution is -0.152. The zero-order valence-electron chi connectivity index (χ0n) is 25.6. The fraction of sp³-hybridized carbons (Fsp3) is 0.800. The lowest BCUT2D eigenvalue weighted by Crippen LogP contribution is -2.61. The van der Waals surface area contributed by atoms with Gasteiger partial charge in [-0.05, 0) is 68.7 Å². The van der Waals surface area contributed by atoms with E-state index < -0.39 is 0 Å². The van der Waals surface area contributed by atoms with Crippen LogP contribution in [-0.2, 0) is 19.1 Å². The highest BCUT2D eigenvalue weighted by Crippen LogP contribution is 2.54. The average Bonchev–Trinajstić information content (AvgIpc) is 2.73. The van der Waals surface area contributed by atoms with Crippen molar-refractivity contribution in [1.29, 1.82) is 0 Å². The number of esters is 2. The maximum absolute atomic E-state index is 12.4. The van der Waals surface area contributed by atoms with Gasteiger partial charge in [0.25, 0.3) is 0 Å². The van der Waals surface area contributed by atoms with Crippen LogP contribution < -0.4 is 0 Å². The van der Waals surface area contributed by atoms with E-state index >= 15 is 0 Å². The van der Waals surface area contributed by atoms with E-state index in [0.29, 0.717) is 11.1 Å². The van der Waals surface area contributed by atoms with E-state index in [4.69, 9.17) is 9.47 Å². The first-order chi connectivity index (χ1) is 17.3. The minimum atomic E-state index is -0.308. The number of hydrogen-bond donors (Lipinski definition) is 0. The molecule has 0 bridgehead atoms. The predicted octanol–water partition coefficient (Wildman–Crippen LogP) is 8.04. The van der Waals surface area contributed by atoms with Crippen LogP contribution in [0.5, 0.6) is 0 Å². The molecule has 0 aromatic rings. The molecule has 38 heavy (non-hydrogen) atoms. The fourth-order valence-electron chi connectivity index (χ4n) is 6.28. The van der Waals surface area contributed by atoms with Gasteiger partial charge in [0, 0.05) is 80.9 Å². The lowest BCUT2D eigenvalue weighted by atomic mass is 9.77. The second-order valence-corrected chi connectivity index (χ2v) is 15.5. The lowest BCUT2D eigenvalue weighted by Gasteiger charge is -2.57. The summed E-state index contributed by atoms with van der Waals surface area (Å²) >= 11 is 0. The van der Waals surface area contributed by atoms with Gasteiger partial charge < -0.3 is 9.47 Å². The summed E-state index contributed by atoms with van der Waals surface area (Å²) in [4.78, 5) is 24.6. The summed E-state index contributed by atoms with van der Waals surface area (Å²) in [5, 5.41) is 0. The summed E-state index contributed by atoms with van der Waals surface area (Å²) < 4.78 is 16.8. The Balaban J connectivity index is 2.25. The first kappa shape index (κ1) is 33.2. The first-order valence-corrected chi connectivity index (χ1v) is 16.1. The molecule has 2 saturated heterocycles. The highest BCUT2D eigenvalue weighted by Gasteiger charge is 2.52. The Kier molecular flexibility index (Phi) is 11.1. The van der Waals surface area contributed by atoms with Crippen molar-refractivity contribution in [2.75, 3.05) is 0 Å². The van der Waals surface area contributed by atoms with Crippen molar-refractivity contribution in [3.63, 3.8) is 0 Å². The summed E-state index contributed by atoms with van der Waals surface area (Å²) in [6.45, 7) is 29.0. The molecule has 8 heteroatoms. The highest BCUT2D eigenvalue weighted by atomic mass is 33.1. The number of ether oxygens (including phenoxy) is 2. The van der Waals surface area contributed by atoms with E-state index in [9.17, 15) is 9.59 Å². The Hall–Kier alpha value is -0.960. The molecular formula is C30H52N2O4S2. The Morgan fingerprint density at radius 3 is 1.55 bits per heavy atom. The molecule has 2 heterocycles. The van der Waals surface area contributed by atoms with Crippen molar-refractivity contribution in [2.45, 2.75) is 155 Å². The van der Waals surface area contributed by atoms with E-state index in [2.05, 4.69) is 77.2 Å². The van der Waals surface area contributed by atoms with Crippen molar-refractivity contribution in [3.8, 4) is 0 Å². The Bertz CT molecular complexity index is 883. The molecule has 0 aromatic carbocycles. The van der Waals surface area contributed by atoms with Gasteiger partial charge in [-0.15, -0.1) is 0 Å². The van der Waals surface area contributed by atoms with Gasteiger partial charge in [0.2, 0.25) is 0 Å². The number of rotatable bonds is 11. The van der Waals surface area contributed by atoms with Crippen LogP contribution in [0.15, 0.2) is 24.3 Å². The number of nitrogens with zero attached hydrogens (tertiary/aromatic N) is 2. The average molecular weight is 569 g/mol. The van der Waals surface area contributed by atoms with Crippen molar-refractivity contribution in [1.82, 2.24) is 8.61 Å². The molecule has 0 radical (unpaired) electrons. The summed E-state index contributed by atoms with van der Waals surface area (Å²) in [6.07, 6.45) is 7.38. The van der Waals surface area contributed by atoms with Gasteiger partial charge in [0.1, 0.15) is 12.2 Å². The zero-order chi connectivity index (χ0) is 29.1. The van der Waals surface area contributed by atoms with Crippen LogP contribution in [0.4, 0.5) is 0 Å². The number of piperidine rings is 2. The maximum atomic E-state index is 12.4. The Morgan fingerprint density at radius 1 is 0.737 bits per heavy atom. The number of carbonyl (C=O) groups is 2. The molecule has 2 unspecified atom stereocenters. The smallest absolute Gasteiger partial charge is 0.333 e. The summed E-state index contributed by atoms with van der Waals surface area (Å²) in [7, 11) is 3.63. The van der Waals surface area contributed by atoms with Gasteiger partial charge in [0.15, 0.2) is 0 Å². The third kappa shape index (κ3) is 8.28. The zero-order valence-corrected chi connectivity index (χ0v) is 27.2. The normalized spacial score (nSPS) is 27.5. The van der Waals surface area contributed by atoms with Gasteiger partial charge in [0.05, 0.1) is 0 Å². The van der Waals surface area contributed by atoms with Gasteiger partial charge >= 0.3 is 11.9 Å². The van der Waals surface area contributed by atoms with E-state index in [-0.39, 0.29) is 46.3 Å². The van der Waals surface area contributed by atoms with Gasteiger partial charge in [-0.2, -0.15) is 0 Å². The molecule has 0 aliphatic carbocycles. The number of carbonyl (C=O) groups excluding carboxylic acids is 2. The van der Waals surface area contributed by atoms with Crippen LogP contribution in [-0.4, -0.2) is 54.9 Å². The molecule has 218 valence electrons. The summed E-state index contributed by atoms with van der Waals surface area (Å²) in [6, 6.07) is 0. The third-order valence-corrected chi connectivity index (χ3v) is 11.1. The standard InChI is InChI=1S/C30H52N2O4S2/c1-13-14-15-16-30(12)20-24(36-26(34)22(4)5)19-29(10,11)32(30)38-37-31-27(6,7)17-23(18-28(31,8)9)35-25(33)21(2)3/h23-24H,2,4,13-20H2,1,3,5-12H3. The minimum absolute atomic E-state index is 0.127. The fourth-order valence-corrected chi connectivity index (χ4v) is 10.3. The topological polar surface area (TPSA) is 59.1 Å². The molecular weight excluding hydrogens is 516 g/mol. The molecule has 2 aliphatic rings. The van der Waals surface area contributed by atoms with Crippen LogP contribution in [0, 0.1) is 0 Å². The second kappa shape index (κ2) is 12.7. The minimum Gasteiger partial charge on any atom is -0.459 e. The van der Waals surface area contributed by atoms with Gasteiger partial charge in [-0.1, -0.05) is 39.3 Å². The molecule has 2 atom stereocenters. The maximum Gasteiger partial charge on any atom is 0.333 e. The molecule has 0 spiro atoms. The molecule has 0 saturated carbocycles. The first-order valence-electron chi connectivity index (χ1n) is 14.0. The molecule has 0 amide bonds. The van der Waals surface area contributed by atoms with E-state index in [0.717, 1.165) is 38.5 Å². The number of unbranched alkanes of at least 4 members (excludes halogenated alkanes) is 2. The van der Waals surface area contributed by atoms with E-state index in [1.165, 1.54) is 12.8 Å². The Morgan fingerprint density at radius 2 is 1.13 bits per heavy atom. The highest BCUT2D eigenvalue weighted by molar-refractivity contribution is 8.74. The molecule has 2 aliphatic heterocycles. The molecule has 0 N–H and O–H groups in total. The third-order valence-electron chi connectivity index (χ3n) is 7.73. The van der Waals surface area contributed by atoms with Crippen molar-refractivity contribution >= 4 is 33.9 Å². The van der Waals surface area contributed by atoms with E-state index in [1.807, 2.05) is 11.0 Å². The van der Waals surface area contributed by atoms with Crippen LogP contribution in [0.2, 0.25) is 0 Å². The van der Waals surface area contributed by atoms with Crippen LogP contribution in [0.3, 0.4) is 0 Å². The number of hydrogen-bond acceptors (Lipinski definition) is 8.